The molecule has 1 saturated heterocycles. The lowest BCUT2D eigenvalue weighted by molar-refractivity contribution is -0.129. The van der Waals surface area contributed by atoms with Crippen LogP contribution in [-0.4, -0.2) is 45.8 Å². The fourth-order valence-corrected chi connectivity index (χ4v) is 3.49. The number of ether oxygens (including phenoxy) is 2. The number of hydrogen-bond acceptors (Lipinski definition) is 5. The minimum absolute atomic E-state index is 0.125. The van der Waals surface area contributed by atoms with Gasteiger partial charge in [-0.2, -0.15) is 0 Å². The van der Waals surface area contributed by atoms with E-state index >= 15 is 0 Å². The topological polar surface area (TPSA) is 77.8 Å². The van der Waals surface area contributed by atoms with E-state index in [0.717, 1.165) is 16.5 Å². The molecule has 1 aliphatic rings. The number of cyclic esters (lactones) is 1. The van der Waals surface area contributed by atoms with Gasteiger partial charge in [0, 0.05) is 18.0 Å². The summed E-state index contributed by atoms with van der Waals surface area (Å²) < 4.78 is 12.0. The summed E-state index contributed by atoms with van der Waals surface area (Å²) in [6.45, 7) is 9.60. The van der Waals surface area contributed by atoms with Crippen LogP contribution in [0.4, 0.5) is 9.59 Å². The van der Waals surface area contributed by atoms with Crippen molar-refractivity contribution in [1.82, 2.24) is 9.47 Å². The van der Waals surface area contributed by atoms with E-state index in [1.165, 1.54) is 9.47 Å². The molecule has 0 unspecified atom stereocenters. The molecule has 1 fully saturated rings. The molecule has 156 valence electrons. The Balaban J connectivity index is 1.81. The standard InChI is InChI=1S/C22H28N2O5/c1-14(2)18-13-28-21(27)24(18)19(25)11-10-15-12-23(20(26)29-22(3,4)5)17-9-7-6-8-16(15)17/h6-9,12,14,18H,10-11,13H2,1-5H3/t18-/m1/s1. The smallest absolute Gasteiger partial charge is 0.419 e. The molecule has 1 aromatic heterocycles. The number of aryl methyl sites for hydroxylation is 1. The Labute approximate surface area is 170 Å². The van der Waals surface area contributed by atoms with Gasteiger partial charge in [-0.25, -0.2) is 14.5 Å². The van der Waals surface area contributed by atoms with Gasteiger partial charge in [0.2, 0.25) is 5.91 Å². The number of amides is 2. The molecule has 0 N–H and O–H groups in total. The molecule has 2 heterocycles. The average molecular weight is 400 g/mol. The molecule has 29 heavy (non-hydrogen) atoms. The van der Waals surface area contributed by atoms with E-state index in [1.54, 1.807) is 6.20 Å². The quantitative estimate of drug-likeness (QED) is 0.762. The van der Waals surface area contributed by atoms with Crippen LogP contribution in [0.25, 0.3) is 10.9 Å². The predicted octanol–water partition coefficient (Wildman–Crippen LogP) is 4.36. The number of para-hydroxylation sites is 1. The molecule has 1 aromatic carbocycles. The molecule has 0 saturated carbocycles. The first-order valence-electron chi connectivity index (χ1n) is 9.89. The summed E-state index contributed by atoms with van der Waals surface area (Å²) in [6, 6.07) is 7.26. The van der Waals surface area contributed by atoms with Gasteiger partial charge in [-0.05, 0) is 44.7 Å². The third kappa shape index (κ3) is 4.44. The first kappa shape index (κ1) is 20.9. The first-order valence-corrected chi connectivity index (χ1v) is 9.89. The normalized spacial score (nSPS) is 17.1. The highest BCUT2D eigenvalue weighted by atomic mass is 16.6. The van der Waals surface area contributed by atoms with Gasteiger partial charge in [-0.1, -0.05) is 32.0 Å². The monoisotopic (exact) mass is 400 g/mol. The summed E-state index contributed by atoms with van der Waals surface area (Å²) in [5.41, 5.74) is 0.971. The summed E-state index contributed by atoms with van der Waals surface area (Å²) in [7, 11) is 0. The lowest BCUT2D eigenvalue weighted by atomic mass is 10.0. The van der Waals surface area contributed by atoms with E-state index in [-0.39, 0.29) is 30.9 Å². The second-order valence-corrected chi connectivity index (χ2v) is 8.67. The Kier molecular flexibility index (Phi) is 5.68. The third-order valence-corrected chi connectivity index (χ3v) is 4.94. The predicted molar refractivity (Wildman–Crippen MR) is 109 cm³/mol. The van der Waals surface area contributed by atoms with Gasteiger partial charge in [0.1, 0.15) is 12.2 Å². The number of rotatable bonds is 4. The van der Waals surface area contributed by atoms with Crippen molar-refractivity contribution in [3.8, 4) is 0 Å². The molecule has 3 rings (SSSR count). The van der Waals surface area contributed by atoms with E-state index in [0.29, 0.717) is 6.42 Å². The van der Waals surface area contributed by atoms with Crippen LogP contribution in [0.15, 0.2) is 30.5 Å². The van der Waals surface area contributed by atoms with Gasteiger partial charge in [0.15, 0.2) is 0 Å². The third-order valence-electron chi connectivity index (χ3n) is 4.94. The average Bonchev–Trinajstić information content (AvgIpc) is 3.19. The number of hydrogen-bond donors (Lipinski definition) is 0. The maximum atomic E-state index is 12.7. The summed E-state index contributed by atoms with van der Waals surface area (Å²) in [5.74, 6) is -0.139. The summed E-state index contributed by atoms with van der Waals surface area (Å²) in [6.07, 6.45) is 1.23. The van der Waals surface area contributed by atoms with Crippen LogP contribution < -0.4 is 0 Å². The second-order valence-electron chi connectivity index (χ2n) is 8.67. The van der Waals surface area contributed by atoms with Crippen molar-refractivity contribution in [2.45, 2.75) is 59.1 Å². The minimum Gasteiger partial charge on any atom is -0.447 e. The summed E-state index contributed by atoms with van der Waals surface area (Å²) in [5, 5.41) is 0.885. The number of carbonyl (C=O) groups excluding carboxylic acids is 3. The van der Waals surface area contributed by atoms with Crippen molar-refractivity contribution in [2.75, 3.05) is 6.61 Å². The van der Waals surface area contributed by atoms with Gasteiger partial charge in [-0.3, -0.25) is 9.36 Å². The van der Waals surface area contributed by atoms with Crippen molar-refractivity contribution in [2.24, 2.45) is 5.92 Å². The Morgan fingerprint density at radius 3 is 2.59 bits per heavy atom. The highest BCUT2D eigenvalue weighted by molar-refractivity contribution is 5.95. The number of aromatic nitrogens is 1. The van der Waals surface area contributed by atoms with E-state index in [1.807, 2.05) is 58.9 Å². The zero-order valence-electron chi connectivity index (χ0n) is 17.6. The van der Waals surface area contributed by atoms with Gasteiger partial charge in [-0.15, -0.1) is 0 Å². The Bertz CT molecular complexity index is 938. The van der Waals surface area contributed by atoms with Crippen LogP contribution >= 0.6 is 0 Å². The zero-order chi connectivity index (χ0) is 21.3. The van der Waals surface area contributed by atoms with E-state index in [2.05, 4.69) is 0 Å². The number of imide groups is 1. The van der Waals surface area contributed by atoms with Gasteiger partial charge >= 0.3 is 12.2 Å². The molecule has 7 heteroatoms. The molecule has 0 spiro atoms. The number of benzene rings is 1. The minimum atomic E-state index is -0.611. The molecule has 1 aliphatic heterocycles. The van der Waals surface area contributed by atoms with Gasteiger partial charge in [0.25, 0.3) is 0 Å². The van der Waals surface area contributed by atoms with Crippen molar-refractivity contribution < 1.29 is 23.9 Å². The van der Waals surface area contributed by atoms with E-state index in [4.69, 9.17) is 9.47 Å². The fourth-order valence-electron chi connectivity index (χ4n) is 3.49. The molecule has 1 atom stereocenters. The Morgan fingerprint density at radius 1 is 1.24 bits per heavy atom. The van der Waals surface area contributed by atoms with Crippen LogP contribution in [0.1, 0.15) is 46.6 Å². The number of carbonyl (C=O) groups is 3. The Hall–Kier alpha value is -2.83. The van der Waals surface area contributed by atoms with Crippen LogP contribution in [0.2, 0.25) is 0 Å². The molecule has 2 amide bonds. The second kappa shape index (κ2) is 7.89. The summed E-state index contributed by atoms with van der Waals surface area (Å²) in [4.78, 5) is 38.6. The lowest BCUT2D eigenvalue weighted by Gasteiger charge is -2.22. The molecule has 2 aromatic rings. The lowest BCUT2D eigenvalue weighted by Crippen LogP contribution is -2.41. The maximum Gasteiger partial charge on any atom is 0.419 e. The van der Waals surface area contributed by atoms with Crippen LogP contribution in [0, 0.1) is 5.92 Å². The molecular weight excluding hydrogens is 372 g/mol. The van der Waals surface area contributed by atoms with Crippen LogP contribution in [-0.2, 0) is 20.7 Å². The molecule has 0 radical (unpaired) electrons. The Morgan fingerprint density at radius 2 is 1.93 bits per heavy atom. The molecule has 7 nitrogen and oxygen atoms in total. The van der Waals surface area contributed by atoms with E-state index in [9.17, 15) is 14.4 Å². The van der Waals surface area contributed by atoms with Crippen molar-refractivity contribution in [3.05, 3.63) is 36.0 Å². The van der Waals surface area contributed by atoms with Gasteiger partial charge in [0.05, 0.1) is 11.6 Å². The largest absolute Gasteiger partial charge is 0.447 e. The highest BCUT2D eigenvalue weighted by Gasteiger charge is 2.39. The molecule has 0 aliphatic carbocycles. The number of nitrogens with zero attached hydrogens (tertiary/aromatic N) is 2. The van der Waals surface area contributed by atoms with E-state index < -0.39 is 17.8 Å². The van der Waals surface area contributed by atoms with Crippen LogP contribution in [0.3, 0.4) is 0 Å². The van der Waals surface area contributed by atoms with Crippen LogP contribution in [0.5, 0.6) is 0 Å². The molecular formula is C22H28N2O5. The zero-order valence-corrected chi connectivity index (χ0v) is 17.6. The SMILES string of the molecule is CC(C)[C@H]1COC(=O)N1C(=O)CCc1cn(C(=O)OC(C)(C)C)c2ccccc12. The maximum absolute atomic E-state index is 12.7. The number of fused-ring (bicyclic) bond motifs is 1. The van der Waals surface area contributed by atoms with Crippen molar-refractivity contribution in [1.29, 1.82) is 0 Å². The highest BCUT2D eigenvalue weighted by Crippen LogP contribution is 2.26. The molecule has 0 bridgehead atoms. The van der Waals surface area contributed by atoms with Crippen molar-refractivity contribution >= 4 is 29.0 Å². The fraction of sp³-hybridized carbons (Fsp3) is 0.500. The first-order chi connectivity index (χ1) is 13.6. The van der Waals surface area contributed by atoms with Gasteiger partial charge < -0.3 is 9.47 Å². The summed E-state index contributed by atoms with van der Waals surface area (Å²) >= 11 is 0. The van der Waals surface area contributed by atoms with Crippen molar-refractivity contribution in [3.63, 3.8) is 0 Å².